The molecule has 3 nitrogen and oxygen atoms in total. The first kappa shape index (κ1) is 10.3. The van der Waals surface area contributed by atoms with Crippen molar-refractivity contribution < 1.29 is 0 Å². The van der Waals surface area contributed by atoms with Gasteiger partial charge in [0.2, 0.25) is 0 Å². The average molecular weight is 200 g/mol. The Hall–Kier alpha value is -0.830. The third kappa shape index (κ3) is 3.19. The van der Waals surface area contributed by atoms with E-state index in [9.17, 15) is 0 Å². The molecule has 0 aliphatic rings. The normalized spacial score (nSPS) is 10.5. The lowest BCUT2D eigenvalue weighted by Crippen LogP contribution is -2.17. The number of hydrogen-bond acceptors (Lipinski definition) is 3. The molecule has 0 saturated carbocycles. The van der Waals surface area contributed by atoms with Crippen molar-refractivity contribution in [1.29, 1.82) is 0 Å². The maximum absolute atomic E-state index is 5.61. The molecule has 0 unspecified atom stereocenters. The van der Waals surface area contributed by atoms with Crippen molar-refractivity contribution in [3.8, 4) is 0 Å². The van der Waals surface area contributed by atoms with Gasteiger partial charge in [-0.2, -0.15) is 0 Å². The third-order valence-corrected chi connectivity index (χ3v) is 2.15. The molecular formula is C9H14ClN3. The van der Waals surface area contributed by atoms with E-state index < -0.39 is 0 Å². The Kier molecular flexibility index (Phi) is 3.96. The molecule has 0 atom stereocenters. The maximum Gasteiger partial charge on any atom is 0.147 e. The first-order chi connectivity index (χ1) is 6.26. The molecule has 0 aromatic carbocycles. The molecule has 1 N–H and O–H groups in total. The predicted octanol–water partition coefficient (Wildman–Crippen LogP) is 2.73. The topological polar surface area (TPSA) is 37.8 Å². The maximum atomic E-state index is 5.61. The zero-order valence-corrected chi connectivity index (χ0v) is 8.67. The number of nitrogens with one attached hydrogen (secondary N) is 1. The summed E-state index contributed by atoms with van der Waals surface area (Å²) in [7, 11) is 0. The molecule has 0 radical (unpaired) electrons. The minimum Gasteiger partial charge on any atom is -0.366 e. The monoisotopic (exact) mass is 199 g/mol. The highest BCUT2D eigenvalue weighted by molar-refractivity contribution is 6.29. The van der Waals surface area contributed by atoms with Crippen molar-refractivity contribution in [2.24, 2.45) is 0 Å². The van der Waals surface area contributed by atoms with Crippen molar-refractivity contribution in [3.05, 3.63) is 17.5 Å². The van der Waals surface area contributed by atoms with Gasteiger partial charge in [-0.25, -0.2) is 9.97 Å². The Bertz CT molecular complexity index is 244. The van der Waals surface area contributed by atoms with Gasteiger partial charge in [0, 0.05) is 6.04 Å². The fourth-order valence-corrected chi connectivity index (χ4v) is 1.19. The number of anilines is 1. The summed E-state index contributed by atoms with van der Waals surface area (Å²) in [5, 5.41) is 3.70. The van der Waals surface area contributed by atoms with Crippen LogP contribution in [-0.4, -0.2) is 16.0 Å². The summed E-state index contributed by atoms with van der Waals surface area (Å²) in [6.07, 6.45) is 5.37. The van der Waals surface area contributed by atoms with Gasteiger partial charge >= 0.3 is 0 Å². The Morgan fingerprint density at radius 1 is 1.31 bits per heavy atom. The number of aromatic nitrogens is 2. The van der Waals surface area contributed by atoms with E-state index in [2.05, 4.69) is 29.1 Å². The summed E-state index contributed by atoms with van der Waals surface area (Å²) >= 11 is 5.61. The van der Waals surface area contributed by atoms with Crippen LogP contribution in [0.2, 0.25) is 5.15 Å². The second-order valence-electron chi connectivity index (χ2n) is 2.88. The summed E-state index contributed by atoms with van der Waals surface area (Å²) in [5.74, 6) is 0.790. The highest BCUT2D eigenvalue weighted by atomic mass is 35.5. The van der Waals surface area contributed by atoms with Crippen LogP contribution in [0.3, 0.4) is 0 Å². The smallest absolute Gasteiger partial charge is 0.147 e. The number of hydrogen-bond donors (Lipinski definition) is 1. The number of rotatable bonds is 4. The van der Waals surface area contributed by atoms with Crippen LogP contribution < -0.4 is 5.32 Å². The van der Waals surface area contributed by atoms with Crippen molar-refractivity contribution in [3.63, 3.8) is 0 Å². The van der Waals surface area contributed by atoms with E-state index >= 15 is 0 Å². The van der Waals surface area contributed by atoms with Gasteiger partial charge in [-0.1, -0.05) is 25.4 Å². The van der Waals surface area contributed by atoms with Crippen LogP contribution >= 0.6 is 11.6 Å². The molecule has 4 heteroatoms. The summed E-state index contributed by atoms with van der Waals surface area (Å²) in [6, 6.07) is 0.468. The predicted molar refractivity (Wildman–Crippen MR) is 55.0 cm³/mol. The standard InChI is InChI=1S/C9H14ClN3/c1-3-7(4-2)13-9-6-11-8(10)5-12-9/h5-7H,3-4H2,1-2H3,(H,12,13). The number of nitrogens with zero attached hydrogens (tertiary/aromatic N) is 2. The minimum absolute atomic E-state index is 0.426. The van der Waals surface area contributed by atoms with Gasteiger partial charge in [0.1, 0.15) is 11.0 Å². The van der Waals surface area contributed by atoms with Crippen LogP contribution in [0.5, 0.6) is 0 Å². The molecule has 1 rings (SSSR count). The van der Waals surface area contributed by atoms with E-state index in [0.29, 0.717) is 11.2 Å². The summed E-state index contributed by atoms with van der Waals surface area (Å²) in [5.41, 5.74) is 0. The molecular weight excluding hydrogens is 186 g/mol. The molecule has 0 bridgehead atoms. The molecule has 0 aliphatic carbocycles. The summed E-state index contributed by atoms with van der Waals surface area (Å²) in [4.78, 5) is 8.05. The van der Waals surface area contributed by atoms with Gasteiger partial charge in [-0.15, -0.1) is 0 Å². The van der Waals surface area contributed by atoms with Gasteiger partial charge in [0.05, 0.1) is 12.4 Å². The first-order valence-corrected chi connectivity index (χ1v) is 4.88. The van der Waals surface area contributed by atoms with E-state index in [-0.39, 0.29) is 0 Å². The fourth-order valence-electron chi connectivity index (χ4n) is 1.09. The van der Waals surface area contributed by atoms with Crippen LogP contribution in [-0.2, 0) is 0 Å². The SMILES string of the molecule is CCC(CC)Nc1cnc(Cl)cn1. The first-order valence-electron chi connectivity index (χ1n) is 4.50. The van der Waals surface area contributed by atoms with Crippen LogP contribution in [0.4, 0.5) is 5.82 Å². The Morgan fingerprint density at radius 3 is 2.46 bits per heavy atom. The lowest BCUT2D eigenvalue weighted by atomic mass is 10.2. The van der Waals surface area contributed by atoms with Gasteiger partial charge in [-0.05, 0) is 12.8 Å². The lowest BCUT2D eigenvalue weighted by Gasteiger charge is -2.14. The summed E-state index contributed by atoms with van der Waals surface area (Å²) < 4.78 is 0. The second-order valence-corrected chi connectivity index (χ2v) is 3.27. The van der Waals surface area contributed by atoms with E-state index in [1.807, 2.05) is 0 Å². The van der Waals surface area contributed by atoms with Crippen molar-refractivity contribution in [1.82, 2.24) is 9.97 Å². The van der Waals surface area contributed by atoms with Crippen LogP contribution in [0, 0.1) is 0 Å². The van der Waals surface area contributed by atoms with Gasteiger partial charge in [0.25, 0.3) is 0 Å². The van der Waals surface area contributed by atoms with Gasteiger partial charge in [0.15, 0.2) is 0 Å². The van der Waals surface area contributed by atoms with E-state index in [0.717, 1.165) is 18.7 Å². The third-order valence-electron chi connectivity index (χ3n) is 1.96. The van der Waals surface area contributed by atoms with Gasteiger partial charge in [-0.3, -0.25) is 0 Å². The summed E-state index contributed by atoms with van der Waals surface area (Å²) in [6.45, 7) is 4.29. The molecule has 1 aromatic heterocycles. The highest BCUT2D eigenvalue weighted by Gasteiger charge is 2.03. The molecule has 0 saturated heterocycles. The van der Waals surface area contributed by atoms with E-state index in [1.54, 1.807) is 12.4 Å². The van der Waals surface area contributed by atoms with E-state index in [4.69, 9.17) is 11.6 Å². The Labute approximate surface area is 83.5 Å². The lowest BCUT2D eigenvalue weighted by molar-refractivity contribution is 0.668. The largest absolute Gasteiger partial charge is 0.366 e. The molecule has 0 aliphatic heterocycles. The fraction of sp³-hybridized carbons (Fsp3) is 0.556. The molecule has 0 fully saturated rings. The van der Waals surface area contributed by atoms with Crippen molar-refractivity contribution in [2.45, 2.75) is 32.7 Å². The van der Waals surface area contributed by atoms with Crippen molar-refractivity contribution >= 4 is 17.4 Å². The molecule has 72 valence electrons. The zero-order valence-electron chi connectivity index (χ0n) is 7.92. The van der Waals surface area contributed by atoms with Gasteiger partial charge < -0.3 is 5.32 Å². The zero-order chi connectivity index (χ0) is 9.68. The van der Waals surface area contributed by atoms with Crippen molar-refractivity contribution in [2.75, 3.05) is 5.32 Å². The Morgan fingerprint density at radius 2 is 2.00 bits per heavy atom. The quantitative estimate of drug-likeness (QED) is 0.811. The molecule has 1 aromatic rings. The minimum atomic E-state index is 0.426. The average Bonchev–Trinajstić information content (AvgIpc) is 2.17. The number of halogens is 1. The second kappa shape index (κ2) is 5.02. The van der Waals surface area contributed by atoms with E-state index in [1.165, 1.54) is 0 Å². The van der Waals surface area contributed by atoms with Crippen LogP contribution in [0.25, 0.3) is 0 Å². The molecule has 13 heavy (non-hydrogen) atoms. The Balaban J connectivity index is 2.58. The van der Waals surface area contributed by atoms with Crippen LogP contribution in [0.1, 0.15) is 26.7 Å². The molecule has 1 heterocycles. The molecule has 0 spiro atoms. The highest BCUT2D eigenvalue weighted by Crippen LogP contribution is 2.09. The van der Waals surface area contributed by atoms with Crippen LogP contribution in [0.15, 0.2) is 12.4 Å². The molecule has 0 amide bonds.